The highest BCUT2D eigenvalue weighted by Crippen LogP contribution is 1.97. The van der Waals surface area contributed by atoms with Crippen molar-refractivity contribution in [1.29, 1.82) is 5.41 Å². The molecule has 3 nitrogen and oxygen atoms in total. The second-order valence-corrected chi connectivity index (χ2v) is 2.54. The number of nitrogens with zero attached hydrogens (tertiary/aromatic N) is 1. The summed E-state index contributed by atoms with van der Waals surface area (Å²) in [5, 5.41) is 6.89. The number of aromatic amines is 1. The molecule has 0 radical (unpaired) electrons. The number of H-pyrrole nitrogens is 1. The molecule has 0 unspecified atom stereocenters. The summed E-state index contributed by atoms with van der Waals surface area (Å²) in [7, 11) is 0. The average Bonchev–Trinajstić information content (AvgIpc) is 2.31. The van der Waals surface area contributed by atoms with Gasteiger partial charge in [-0.15, -0.1) is 0 Å². The number of hydrogen-bond acceptors (Lipinski definition) is 2. The van der Waals surface area contributed by atoms with Gasteiger partial charge in [0, 0.05) is 11.9 Å². The van der Waals surface area contributed by atoms with Crippen LogP contribution in [0.25, 0.3) is 6.08 Å². The van der Waals surface area contributed by atoms with Crippen molar-refractivity contribution in [2.24, 2.45) is 0 Å². The van der Waals surface area contributed by atoms with Crippen molar-refractivity contribution in [3.05, 3.63) is 23.8 Å². The summed E-state index contributed by atoms with van der Waals surface area (Å²) in [5.41, 5.74) is 0.991. The first-order chi connectivity index (χ1) is 5.18. The zero-order valence-corrected chi connectivity index (χ0v) is 6.81. The SMILES string of the molecule is Cc1cnc(/C=C\C(=N)Cl)[nH]1. The lowest BCUT2D eigenvalue weighted by Crippen LogP contribution is -1.77. The third-order valence-electron chi connectivity index (χ3n) is 1.11. The van der Waals surface area contributed by atoms with Gasteiger partial charge in [-0.05, 0) is 19.1 Å². The molecule has 1 heterocycles. The normalized spacial score (nSPS) is 10.7. The van der Waals surface area contributed by atoms with Crippen molar-refractivity contribution in [2.75, 3.05) is 0 Å². The van der Waals surface area contributed by atoms with Crippen LogP contribution in [-0.4, -0.2) is 15.1 Å². The Kier molecular flexibility index (Phi) is 2.44. The lowest BCUT2D eigenvalue weighted by atomic mass is 10.5. The van der Waals surface area contributed by atoms with Crippen molar-refractivity contribution in [3.63, 3.8) is 0 Å². The third-order valence-corrected chi connectivity index (χ3v) is 1.24. The highest BCUT2D eigenvalue weighted by atomic mass is 35.5. The molecule has 0 aromatic carbocycles. The fraction of sp³-hybridized carbons (Fsp3) is 0.143. The van der Waals surface area contributed by atoms with E-state index in [0.29, 0.717) is 5.82 Å². The van der Waals surface area contributed by atoms with Crippen LogP contribution in [0.3, 0.4) is 0 Å². The first-order valence-electron chi connectivity index (χ1n) is 3.12. The molecule has 1 rings (SSSR count). The topological polar surface area (TPSA) is 52.5 Å². The van der Waals surface area contributed by atoms with Crippen LogP contribution in [0.15, 0.2) is 12.3 Å². The number of hydrogen-bond donors (Lipinski definition) is 2. The van der Waals surface area contributed by atoms with Crippen LogP contribution in [0.5, 0.6) is 0 Å². The number of imidazole rings is 1. The largest absolute Gasteiger partial charge is 0.343 e. The van der Waals surface area contributed by atoms with E-state index in [4.69, 9.17) is 17.0 Å². The maximum absolute atomic E-state index is 6.89. The van der Waals surface area contributed by atoms with Gasteiger partial charge >= 0.3 is 0 Å². The molecule has 4 heteroatoms. The van der Waals surface area contributed by atoms with E-state index in [1.807, 2.05) is 6.92 Å². The Morgan fingerprint density at radius 3 is 3.00 bits per heavy atom. The molecule has 1 aromatic heterocycles. The molecule has 0 saturated carbocycles. The number of rotatable bonds is 2. The molecule has 11 heavy (non-hydrogen) atoms. The minimum atomic E-state index is -0.000877. The van der Waals surface area contributed by atoms with Gasteiger partial charge in [0.05, 0.1) is 0 Å². The average molecular weight is 170 g/mol. The quantitative estimate of drug-likeness (QED) is 0.654. The molecule has 0 fully saturated rings. The molecule has 2 N–H and O–H groups in total. The molecule has 0 saturated heterocycles. The van der Waals surface area contributed by atoms with Crippen LogP contribution < -0.4 is 0 Å². The smallest absolute Gasteiger partial charge is 0.130 e. The van der Waals surface area contributed by atoms with Gasteiger partial charge < -0.3 is 4.98 Å². The Labute approximate surface area is 69.6 Å². The van der Waals surface area contributed by atoms with Crippen LogP contribution in [-0.2, 0) is 0 Å². The summed E-state index contributed by atoms with van der Waals surface area (Å²) in [5.74, 6) is 0.716. The van der Waals surface area contributed by atoms with Gasteiger partial charge in [-0.3, -0.25) is 5.41 Å². The van der Waals surface area contributed by atoms with E-state index in [-0.39, 0.29) is 5.17 Å². The maximum atomic E-state index is 6.89. The van der Waals surface area contributed by atoms with Crippen molar-refractivity contribution in [3.8, 4) is 0 Å². The minimum absolute atomic E-state index is 0.000877. The van der Waals surface area contributed by atoms with E-state index in [1.165, 1.54) is 6.08 Å². The van der Waals surface area contributed by atoms with Gasteiger partial charge in [0.2, 0.25) is 0 Å². The maximum Gasteiger partial charge on any atom is 0.130 e. The van der Waals surface area contributed by atoms with E-state index in [2.05, 4.69) is 9.97 Å². The van der Waals surface area contributed by atoms with Crippen LogP contribution in [0.2, 0.25) is 0 Å². The zero-order chi connectivity index (χ0) is 8.27. The molecule has 0 aliphatic carbocycles. The van der Waals surface area contributed by atoms with Gasteiger partial charge in [0.15, 0.2) is 0 Å². The molecule has 0 atom stereocenters. The monoisotopic (exact) mass is 169 g/mol. The molecule has 0 aliphatic heterocycles. The van der Waals surface area contributed by atoms with Gasteiger partial charge in [0.1, 0.15) is 11.0 Å². The number of aryl methyl sites for hydroxylation is 1. The van der Waals surface area contributed by atoms with E-state index >= 15 is 0 Å². The highest BCUT2D eigenvalue weighted by Gasteiger charge is 1.90. The molecule has 1 aromatic rings. The van der Waals surface area contributed by atoms with Gasteiger partial charge in [-0.25, -0.2) is 4.98 Å². The Hall–Kier alpha value is -1.09. The summed E-state index contributed by atoms with van der Waals surface area (Å²) >= 11 is 5.29. The Balaban J connectivity index is 2.71. The van der Waals surface area contributed by atoms with Crippen molar-refractivity contribution >= 4 is 22.8 Å². The third kappa shape index (κ3) is 2.55. The summed E-state index contributed by atoms with van der Waals surface area (Å²) in [4.78, 5) is 6.97. The highest BCUT2D eigenvalue weighted by molar-refractivity contribution is 6.67. The lowest BCUT2D eigenvalue weighted by Gasteiger charge is -1.82. The number of nitrogens with one attached hydrogen (secondary N) is 2. The van der Waals surface area contributed by atoms with Crippen molar-refractivity contribution < 1.29 is 0 Å². The predicted octanol–water partition coefficient (Wildman–Crippen LogP) is 1.95. The van der Waals surface area contributed by atoms with Crippen LogP contribution in [0.4, 0.5) is 0 Å². The summed E-state index contributed by atoms with van der Waals surface area (Å²) < 4.78 is 0. The Morgan fingerprint density at radius 1 is 1.82 bits per heavy atom. The number of halogens is 1. The van der Waals surface area contributed by atoms with Crippen molar-refractivity contribution in [2.45, 2.75) is 6.92 Å². The number of aromatic nitrogens is 2. The van der Waals surface area contributed by atoms with Gasteiger partial charge in [-0.2, -0.15) is 0 Å². The number of allylic oxidation sites excluding steroid dienone is 1. The predicted molar refractivity (Wildman–Crippen MR) is 45.9 cm³/mol. The van der Waals surface area contributed by atoms with E-state index in [1.54, 1.807) is 12.3 Å². The summed E-state index contributed by atoms with van der Waals surface area (Å²) in [6.45, 7) is 1.91. The van der Waals surface area contributed by atoms with Gasteiger partial charge in [0.25, 0.3) is 0 Å². The molecular weight excluding hydrogens is 162 g/mol. The van der Waals surface area contributed by atoms with E-state index < -0.39 is 0 Å². The molecule has 0 aliphatic rings. The molecule has 0 bridgehead atoms. The van der Waals surface area contributed by atoms with Crippen molar-refractivity contribution in [1.82, 2.24) is 9.97 Å². The Bertz CT molecular complexity index is 288. The van der Waals surface area contributed by atoms with Crippen LogP contribution in [0, 0.1) is 12.3 Å². The first-order valence-corrected chi connectivity index (χ1v) is 3.50. The van der Waals surface area contributed by atoms with Crippen LogP contribution >= 0.6 is 11.6 Å². The standard InChI is InChI=1S/C7H8ClN3/c1-5-4-10-7(11-5)3-2-6(8)9/h2-4,9H,1H3,(H,10,11)/b3-2-,9-6?. The minimum Gasteiger partial charge on any atom is -0.343 e. The second-order valence-electron chi connectivity index (χ2n) is 2.13. The van der Waals surface area contributed by atoms with Crippen LogP contribution in [0.1, 0.15) is 11.5 Å². The molecule has 0 amide bonds. The van der Waals surface area contributed by atoms with E-state index in [0.717, 1.165) is 5.69 Å². The second kappa shape index (κ2) is 3.34. The first kappa shape index (κ1) is 8.01. The fourth-order valence-corrected chi connectivity index (χ4v) is 0.733. The van der Waals surface area contributed by atoms with E-state index in [9.17, 15) is 0 Å². The fourth-order valence-electron chi connectivity index (χ4n) is 0.670. The molecule has 58 valence electrons. The zero-order valence-electron chi connectivity index (χ0n) is 6.06. The molecule has 0 spiro atoms. The summed E-state index contributed by atoms with van der Waals surface area (Å²) in [6.07, 6.45) is 4.85. The Morgan fingerprint density at radius 2 is 2.55 bits per heavy atom. The molecular formula is C7H8ClN3. The van der Waals surface area contributed by atoms with Gasteiger partial charge in [-0.1, -0.05) is 11.6 Å². The summed E-state index contributed by atoms with van der Waals surface area (Å²) in [6, 6.07) is 0. The lowest BCUT2D eigenvalue weighted by molar-refractivity contribution is 1.22.